The second-order valence-electron chi connectivity index (χ2n) is 4.39. The summed E-state index contributed by atoms with van der Waals surface area (Å²) in [7, 11) is 0. The van der Waals surface area contributed by atoms with E-state index in [0.29, 0.717) is 12.1 Å². The van der Waals surface area contributed by atoms with Crippen LogP contribution in [0, 0.1) is 19.7 Å². The number of aryl methyl sites for hydroxylation is 2. The van der Waals surface area contributed by atoms with Gasteiger partial charge in [-0.15, -0.1) is 0 Å². The maximum absolute atomic E-state index is 13.6. The van der Waals surface area contributed by atoms with Gasteiger partial charge in [0.1, 0.15) is 5.82 Å². The predicted octanol–water partition coefficient (Wildman–Crippen LogP) is 4.82. The van der Waals surface area contributed by atoms with Gasteiger partial charge in [-0.1, -0.05) is 28.1 Å². The van der Waals surface area contributed by atoms with Crippen molar-refractivity contribution in [2.75, 3.05) is 5.32 Å². The number of hydrogen-bond acceptors (Lipinski definition) is 1. The number of hydrogen-bond donors (Lipinski definition) is 1. The first-order valence-corrected chi connectivity index (χ1v) is 6.60. The van der Waals surface area contributed by atoms with Gasteiger partial charge in [0, 0.05) is 22.3 Å². The Bertz CT molecular complexity index is 566. The van der Waals surface area contributed by atoms with Crippen LogP contribution in [0.5, 0.6) is 0 Å². The van der Waals surface area contributed by atoms with Crippen molar-refractivity contribution in [3.05, 3.63) is 63.4 Å². The molecule has 0 bridgehead atoms. The fourth-order valence-electron chi connectivity index (χ4n) is 1.71. The van der Waals surface area contributed by atoms with E-state index < -0.39 is 0 Å². The van der Waals surface area contributed by atoms with E-state index in [9.17, 15) is 4.39 Å². The van der Waals surface area contributed by atoms with Gasteiger partial charge < -0.3 is 5.32 Å². The molecule has 94 valence electrons. The molecule has 0 aromatic heterocycles. The van der Waals surface area contributed by atoms with Crippen LogP contribution >= 0.6 is 15.9 Å². The normalized spacial score (nSPS) is 10.4. The van der Waals surface area contributed by atoms with E-state index in [-0.39, 0.29) is 5.82 Å². The van der Waals surface area contributed by atoms with Gasteiger partial charge in [0.25, 0.3) is 0 Å². The number of halogens is 2. The maximum Gasteiger partial charge on any atom is 0.129 e. The van der Waals surface area contributed by atoms with Crippen molar-refractivity contribution in [3.63, 3.8) is 0 Å². The molecule has 2 aromatic carbocycles. The highest BCUT2D eigenvalue weighted by molar-refractivity contribution is 9.10. The average Bonchev–Trinajstić information content (AvgIpc) is 2.32. The van der Waals surface area contributed by atoms with Gasteiger partial charge >= 0.3 is 0 Å². The molecule has 1 N–H and O–H groups in total. The van der Waals surface area contributed by atoms with E-state index in [1.165, 1.54) is 17.2 Å². The zero-order chi connectivity index (χ0) is 13.1. The third-order valence-corrected chi connectivity index (χ3v) is 3.50. The molecular formula is C15H15BrFN. The Morgan fingerprint density at radius 3 is 2.50 bits per heavy atom. The Morgan fingerprint density at radius 1 is 1.06 bits per heavy atom. The van der Waals surface area contributed by atoms with E-state index in [1.54, 1.807) is 6.07 Å². The number of nitrogens with one attached hydrogen (secondary N) is 1. The maximum atomic E-state index is 13.6. The molecule has 0 atom stereocenters. The van der Waals surface area contributed by atoms with Crippen LogP contribution in [0.2, 0.25) is 0 Å². The van der Waals surface area contributed by atoms with Crippen molar-refractivity contribution in [1.82, 2.24) is 0 Å². The molecule has 2 rings (SSSR count). The molecule has 0 saturated carbocycles. The smallest absolute Gasteiger partial charge is 0.129 e. The predicted molar refractivity (Wildman–Crippen MR) is 77.3 cm³/mol. The molecule has 3 heteroatoms. The van der Waals surface area contributed by atoms with E-state index in [1.807, 2.05) is 12.1 Å². The Morgan fingerprint density at radius 2 is 1.83 bits per heavy atom. The number of anilines is 1. The third-order valence-electron chi connectivity index (χ3n) is 3.00. The lowest BCUT2D eigenvalue weighted by Gasteiger charge is -2.09. The van der Waals surface area contributed by atoms with Gasteiger partial charge in [-0.2, -0.15) is 0 Å². The van der Waals surface area contributed by atoms with Gasteiger partial charge in [0.2, 0.25) is 0 Å². The molecule has 0 amide bonds. The summed E-state index contributed by atoms with van der Waals surface area (Å²) < 4.78 is 14.4. The molecule has 0 aliphatic carbocycles. The SMILES string of the molecule is Cc1ccc(NCc2ccc(Br)cc2F)cc1C. The van der Waals surface area contributed by atoms with Gasteiger partial charge in [-0.3, -0.25) is 0 Å². The van der Waals surface area contributed by atoms with Crippen LogP contribution in [0.4, 0.5) is 10.1 Å². The van der Waals surface area contributed by atoms with Crippen molar-refractivity contribution >= 4 is 21.6 Å². The topological polar surface area (TPSA) is 12.0 Å². The Hall–Kier alpha value is -1.35. The van der Waals surface area contributed by atoms with E-state index in [4.69, 9.17) is 0 Å². The van der Waals surface area contributed by atoms with Crippen molar-refractivity contribution in [3.8, 4) is 0 Å². The minimum Gasteiger partial charge on any atom is -0.381 e. The zero-order valence-corrected chi connectivity index (χ0v) is 12.0. The first kappa shape index (κ1) is 13.1. The van der Waals surface area contributed by atoms with Crippen LogP contribution in [0.25, 0.3) is 0 Å². The quantitative estimate of drug-likeness (QED) is 0.857. The van der Waals surface area contributed by atoms with Gasteiger partial charge in [-0.05, 0) is 49.2 Å². The molecule has 1 nitrogen and oxygen atoms in total. The lowest BCUT2D eigenvalue weighted by molar-refractivity contribution is 0.612. The van der Waals surface area contributed by atoms with E-state index in [2.05, 4.69) is 47.2 Å². The standard InChI is InChI=1S/C15H15BrFN/c1-10-3-6-14(7-11(10)2)18-9-12-4-5-13(16)8-15(12)17/h3-8,18H,9H2,1-2H3. The fourth-order valence-corrected chi connectivity index (χ4v) is 2.05. The van der Waals surface area contributed by atoms with E-state index >= 15 is 0 Å². The molecule has 0 radical (unpaired) electrons. The van der Waals surface area contributed by atoms with E-state index in [0.717, 1.165) is 10.2 Å². The van der Waals surface area contributed by atoms with Gasteiger partial charge in [0.05, 0.1) is 0 Å². The second-order valence-corrected chi connectivity index (χ2v) is 5.30. The Kier molecular flexibility index (Phi) is 4.02. The number of benzene rings is 2. The minimum absolute atomic E-state index is 0.194. The summed E-state index contributed by atoms with van der Waals surface area (Å²) in [5, 5.41) is 3.23. The molecule has 2 aromatic rings. The molecule has 0 aliphatic heterocycles. The highest BCUT2D eigenvalue weighted by Gasteiger charge is 2.03. The lowest BCUT2D eigenvalue weighted by Crippen LogP contribution is -2.02. The van der Waals surface area contributed by atoms with Crippen LogP contribution in [0.15, 0.2) is 40.9 Å². The summed E-state index contributed by atoms with van der Waals surface area (Å²) in [5.41, 5.74) is 4.17. The molecular weight excluding hydrogens is 293 g/mol. The van der Waals surface area contributed by atoms with Gasteiger partial charge in [-0.25, -0.2) is 4.39 Å². The molecule has 0 aliphatic rings. The number of rotatable bonds is 3. The largest absolute Gasteiger partial charge is 0.381 e. The summed E-state index contributed by atoms with van der Waals surface area (Å²) in [4.78, 5) is 0. The zero-order valence-electron chi connectivity index (χ0n) is 10.4. The van der Waals surface area contributed by atoms with Gasteiger partial charge in [0.15, 0.2) is 0 Å². The highest BCUT2D eigenvalue weighted by Crippen LogP contribution is 2.18. The summed E-state index contributed by atoms with van der Waals surface area (Å²) in [6, 6.07) is 11.3. The van der Waals surface area contributed by atoms with Crippen molar-refractivity contribution in [2.45, 2.75) is 20.4 Å². The van der Waals surface area contributed by atoms with Crippen LogP contribution in [-0.4, -0.2) is 0 Å². The fraction of sp³-hybridized carbons (Fsp3) is 0.200. The van der Waals surface area contributed by atoms with Crippen LogP contribution in [0.3, 0.4) is 0 Å². The van der Waals surface area contributed by atoms with Crippen molar-refractivity contribution < 1.29 is 4.39 Å². The molecule has 0 heterocycles. The molecule has 0 saturated heterocycles. The second kappa shape index (κ2) is 5.53. The Labute approximate surface area is 115 Å². The summed E-state index contributed by atoms with van der Waals surface area (Å²) in [6.45, 7) is 4.63. The minimum atomic E-state index is -0.194. The van der Waals surface area contributed by atoms with Crippen LogP contribution < -0.4 is 5.32 Å². The van der Waals surface area contributed by atoms with Crippen molar-refractivity contribution in [1.29, 1.82) is 0 Å². The third kappa shape index (κ3) is 3.10. The highest BCUT2D eigenvalue weighted by atomic mass is 79.9. The average molecular weight is 308 g/mol. The monoisotopic (exact) mass is 307 g/mol. The molecule has 18 heavy (non-hydrogen) atoms. The Balaban J connectivity index is 2.09. The first-order valence-electron chi connectivity index (χ1n) is 5.81. The summed E-state index contributed by atoms with van der Waals surface area (Å²) >= 11 is 3.25. The molecule has 0 spiro atoms. The van der Waals surface area contributed by atoms with Crippen LogP contribution in [0.1, 0.15) is 16.7 Å². The molecule has 0 fully saturated rings. The first-order chi connectivity index (χ1) is 8.56. The van der Waals surface area contributed by atoms with Crippen LogP contribution in [-0.2, 0) is 6.54 Å². The summed E-state index contributed by atoms with van der Waals surface area (Å²) in [6.07, 6.45) is 0. The van der Waals surface area contributed by atoms with Crippen molar-refractivity contribution in [2.24, 2.45) is 0 Å². The molecule has 0 unspecified atom stereocenters. The lowest BCUT2D eigenvalue weighted by atomic mass is 10.1. The summed E-state index contributed by atoms with van der Waals surface area (Å²) in [5.74, 6) is -0.194.